The maximum atomic E-state index is 13.2. The number of carbonyl (C=O) groups excluding carboxylic acids is 1. The van der Waals surface area contributed by atoms with Crippen LogP contribution in [0, 0.1) is 5.92 Å². The van der Waals surface area contributed by atoms with Crippen molar-refractivity contribution < 1.29 is 17.9 Å². The second-order valence-electron chi connectivity index (χ2n) is 7.91. The third kappa shape index (κ3) is 4.20. The monoisotopic (exact) mass is 429 g/mol. The largest absolute Gasteiger partial charge is 0.497 e. The van der Waals surface area contributed by atoms with Crippen molar-refractivity contribution >= 4 is 15.9 Å². The number of ether oxygens (including phenoxy) is 1. The van der Waals surface area contributed by atoms with E-state index in [1.54, 1.807) is 40.8 Å². The third-order valence-electron chi connectivity index (χ3n) is 6.16. The number of fused-ring (bicyclic) bond motifs is 1. The second kappa shape index (κ2) is 8.73. The first kappa shape index (κ1) is 20.8. The zero-order valence-corrected chi connectivity index (χ0v) is 17.9. The fourth-order valence-corrected chi connectivity index (χ4v) is 6.72. The maximum absolute atomic E-state index is 13.2. The first-order valence-corrected chi connectivity index (χ1v) is 11.8. The number of rotatable bonds is 5. The van der Waals surface area contributed by atoms with Gasteiger partial charge in [-0.05, 0) is 55.0 Å². The Kier molecular flexibility index (Phi) is 6.06. The van der Waals surface area contributed by atoms with Crippen molar-refractivity contribution in [3.8, 4) is 5.75 Å². The van der Waals surface area contributed by atoms with E-state index >= 15 is 0 Å². The van der Waals surface area contributed by atoms with Crippen LogP contribution >= 0.6 is 0 Å². The quantitative estimate of drug-likeness (QED) is 0.728. The van der Waals surface area contributed by atoms with Crippen molar-refractivity contribution in [1.82, 2.24) is 14.2 Å². The van der Waals surface area contributed by atoms with Gasteiger partial charge in [0.2, 0.25) is 10.0 Å². The van der Waals surface area contributed by atoms with Crippen LogP contribution in [0.4, 0.5) is 0 Å². The molecule has 0 spiro atoms. The summed E-state index contributed by atoms with van der Waals surface area (Å²) in [5.41, 5.74) is 1.66. The van der Waals surface area contributed by atoms with E-state index in [4.69, 9.17) is 4.74 Å². The standard InChI is InChI=1S/C22H27N3O4S/c1-29-20-4-2-3-17(15-20)7-14-25-16-19-8-12-24(13-9-21(19)30(25,27)28)22(26)18-5-10-23-11-6-18/h2-6,10-11,15,19,21H,7-9,12-14,16H2,1H3/t19-,21-/m0/s1. The number of amides is 1. The SMILES string of the molecule is COc1cccc(CCN2C[C@@H]3CCN(C(=O)c4ccncc4)CC[C@@H]3S2(=O)=O)c1. The molecule has 0 saturated carbocycles. The minimum absolute atomic E-state index is 0.0512. The average Bonchev–Trinajstić information content (AvgIpc) is 2.90. The summed E-state index contributed by atoms with van der Waals surface area (Å²) in [5, 5.41) is -0.405. The lowest BCUT2D eigenvalue weighted by molar-refractivity contribution is 0.0759. The molecule has 30 heavy (non-hydrogen) atoms. The molecule has 160 valence electrons. The normalized spacial score (nSPS) is 23.6. The smallest absolute Gasteiger partial charge is 0.253 e. The Bertz CT molecular complexity index is 996. The van der Waals surface area contributed by atoms with Crippen molar-refractivity contribution in [3.63, 3.8) is 0 Å². The number of carbonyl (C=O) groups is 1. The molecule has 4 rings (SSSR count). The first-order chi connectivity index (χ1) is 14.5. The highest BCUT2D eigenvalue weighted by molar-refractivity contribution is 7.90. The molecule has 0 N–H and O–H groups in total. The van der Waals surface area contributed by atoms with E-state index in [2.05, 4.69) is 4.98 Å². The van der Waals surface area contributed by atoms with Gasteiger partial charge in [0.05, 0.1) is 12.4 Å². The molecule has 2 atom stereocenters. The zero-order chi connectivity index (χ0) is 21.1. The summed E-state index contributed by atoms with van der Waals surface area (Å²) in [5.74, 6) is 0.793. The van der Waals surface area contributed by atoms with Crippen LogP contribution in [0.25, 0.3) is 0 Å². The average molecular weight is 430 g/mol. The van der Waals surface area contributed by atoms with E-state index in [9.17, 15) is 13.2 Å². The van der Waals surface area contributed by atoms with Gasteiger partial charge in [0.25, 0.3) is 5.91 Å². The summed E-state index contributed by atoms with van der Waals surface area (Å²) in [4.78, 5) is 18.5. The van der Waals surface area contributed by atoms with Crippen LogP contribution in [0.1, 0.15) is 28.8 Å². The van der Waals surface area contributed by atoms with E-state index in [0.29, 0.717) is 51.0 Å². The van der Waals surface area contributed by atoms with Crippen molar-refractivity contribution in [2.24, 2.45) is 5.92 Å². The van der Waals surface area contributed by atoms with Gasteiger partial charge in [-0.2, -0.15) is 0 Å². The fourth-order valence-electron chi connectivity index (χ4n) is 4.48. The predicted molar refractivity (Wildman–Crippen MR) is 114 cm³/mol. The molecule has 2 saturated heterocycles. The summed E-state index contributed by atoms with van der Waals surface area (Å²) < 4.78 is 33.2. The van der Waals surface area contributed by atoms with E-state index in [0.717, 1.165) is 11.3 Å². The molecule has 2 aliphatic rings. The minimum atomic E-state index is -3.36. The molecule has 2 fully saturated rings. The molecule has 0 bridgehead atoms. The van der Waals surface area contributed by atoms with Crippen LogP contribution in [0.15, 0.2) is 48.8 Å². The number of nitrogens with zero attached hydrogens (tertiary/aromatic N) is 3. The van der Waals surface area contributed by atoms with Gasteiger partial charge in [0, 0.05) is 44.1 Å². The van der Waals surface area contributed by atoms with Crippen LogP contribution in [-0.2, 0) is 16.4 Å². The van der Waals surface area contributed by atoms with Gasteiger partial charge in [-0.3, -0.25) is 9.78 Å². The molecular formula is C22H27N3O4S. The highest BCUT2D eigenvalue weighted by atomic mass is 32.2. The van der Waals surface area contributed by atoms with E-state index in [1.165, 1.54) is 0 Å². The van der Waals surface area contributed by atoms with Crippen molar-refractivity contribution in [2.75, 3.05) is 33.3 Å². The van der Waals surface area contributed by atoms with E-state index in [-0.39, 0.29) is 11.8 Å². The maximum Gasteiger partial charge on any atom is 0.253 e. The molecule has 2 aromatic rings. The molecule has 7 nitrogen and oxygen atoms in total. The van der Waals surface area contributed by atoms with Gasteiger partial charge < -0.3 is 9.64 Å². The van der Waals surface area contributed by atoms with Crippen LogP contribution < -0.4 is 4.74 Å². The lowest BCUT2D eigenvalue weighted by atomic mass is 10.0. The van der Waals surface area contributed by atoms with Crippen LogP contribution in [-0.4, -0.2) is 67.1 Å². The highest BCUT2D eigenvalue weighted by Crippen LogP contribution is 2.34. The van der Waals surface area contributed by atoms with Crippen molar-refractivity contribution in [3.05, 3.63) is 59.9 Å². The number of aromatic nitrogens is 1. The van der Waals surface area contributed by atoms with Crippen LogP contribution in [0.3, 0.4) is 0 Å². The Morgan fingerprint density at radius 3 is 2.70 bits per heavy atom. The molecule has 1 aromatic carbocycles. The number of pyridine rings is 1. The number of hydrogen-bond acceptors (Lipinski definition) is 5. The third-order valence-corrected chi connectivity index (χ3v) is 8.60. The Labute approximate surface area is 177 Å². The molecule has 0 aliphatic carbocycles. The number of sulfonamides is 1. The number of methoxy groups -OCH3 is 1. The molecule has 0 radical (unpaired) electrons. The molecule has 1 amide bonds. The number of hydrogen-bond donors (Lipinski definition) is 0. The Morgan fingerprint density at radius 2 is 1.93 bits per heavy atom. The summed E-state index contributed by atoms with van der Waals surface area (Å²) in [7, 11) is -1.73. The summed E-state index contributed by atoms with van der Waals surface area (Å²) >= 11 is 0. The highest BCUT2D eigenvalue weighted by Gasteiger charge is 2.46. The van der Waals surface area contributed by atoms with E-state index in [1.807, 2.05) is 24.3 Å². The Morgan fingerprint density at radius 1 is 1.17 bits per heavy atom. The predicted octanol–water partition coefficient (Wildman–Crippen LogP) is 2.20. The van der Waals surface area contributed by atoms with Crippen molar-refractivity contribution in [2.45, 2.75) is 24.5 Å². The van der Waals surface area contributed by atoms with E-state index < -0.39 is 15.3 Å². The lowest BCUT2D eigenvalue weighted by Crippen LogP contribution is -2.35. The zero-order valence-electron chi connectivity index (χ0n) is 17.1. The van der Waals surface area contributed by atoms with Crippen LogP contribution in [0.2, 0.25) is 0 Å². The fraction of sp³-hybridized carbons (Fsp3) is 0.455. The molecule has 3 heterocycles. The summed E-state index contributed by atoms with van der Waals surface area (Å²) in [6.45, 7) is 2.06. The molecular weight excluding hydrogens is 402 g/mol. The van der Waals surface area contributed by atoms with Gasteiger partial charge in [0.15, 0.2) is 0 Å². The molecule has 0 unspecified atom stereocenters. The Balaban J connectivity index is 1.40. The van der Waals surface area contributed by atoms with Gasteiger partial charge in [0.1, 0.15) is 5.75 Å². The van der Waals surface area contributed by atoms with Gasteiger partial charge in [-0.15, -0.1) is 0 Å². The first-order valence-electron chi connectivity index (χ1n) is 10.3. The van der Waals surface area contributed by atoms with Crippen molar-refractivity contribution in [1.29, 1.82) is 0 Å². The molecule has 8 heteroatoms. The molecule has 1 aromatic heterocycles. The Hall–Kier alpha value is -2.45. The van der Waals surface area contributed by atoms with Gasteiger partial charge in [-0.1, -0.05) is 12.1 Å². The van der Waals surface area contributed by atoms with Crippen LogP contribution in [0.5, 0.6) is 5.75 Å². The molecule has 2 aliphatic heterocycles. The number of likely N-dealkylation sites (tertiary alicyclic amines) is 1. The van der Waals surface area contributed by atoms with Gasteiger partial charge >= 0.3 is 0 Å². The lowest BCUT2D eigenvalue weighted by Gasteiger charge is -2.22. The summed E-state index contributed by atoms with van der Waals surface area (Å²) in [6.07, 6.45) is 5.05. The van der Waals surface area contributed by atoms with Gasteiger partial charge in [-0.25, -0.2) is 12.7 Å². The topological polar surface area (TPSA) is 79.8 Å². The minimum Gasteiger partial charge on any atom is -0.497 e. The second-order valence-corrected chi connectivity index (χ2v) is 10.1. The number of benzene rings is 1. The summed E-state index contributed by atoms with van der Waals surface area (Å²) in [6, 6.07) is 11.1.